The van der Waals surface area contributed by atoms with Gasteiger partial charge in [-0.3, -0.25) is 4.79 Å². The summed E-state index contributed by atoms with van der Waals surface area (Å²) >= 11 is 6.01. The zero-order valence-corrected chi connectivity index (χ0v) is 11.1. The molecule has 1 saturated carbocycles. The Morgan fingerprint density at radius 2 is 2.06 bits per heavy atom. The predicted molar refractivity (Wildman–Crippen MR) is 71.7 cm³/mol. The van der Waals surface area contributed by atoms with E-state index in [4.69, 9.17) is 11.6 Å². The van der Waals surface area contributed by atoms with Crippen LogP contribution in [-0.4, -0.2) is 5.78 Å². The maximum Gasteiger partial charge on any atom is 0.160 e. The highest BCUT2D eigenvalue weighted by Gasteiger charge is 2.16. The van der Waals surface area contributed by atoms with Gasteiger partial charge in [-0.05, 0) is 49.4 Å². The molecule has 0 aromatic heterocycles. The van der Waals surface area contributed by atoms with Crippen molar-refractivity contribution < 1.29 is 4.79 Å². The molecule has 17 heavy (non-hydrogen) atoms. The van der Waals surface area contributed by atoms with Crippen molar-refractivity contribution >= 4 is 17.4 Å². The summed E-state index contributed by atoms with van der Waals surface area (Å²) in [6.45, 7) is 1.63. The summed E-state index contributed by atoms with van der Waals surface area (Å²) in [5.74, 6) is 0.997. The van der Waals surface area contributed by atoms with Crippen LogP contribution in [0.25, 0.3) is 0 Å². The van der Waals surface area contributed by atoms with E-state index in [2.05, 4.69) is 0 Å². The Balaban J connectivity index is 2.07. The van der Waals surface area contributed by atoms with Crippen molar-refractivity contribution in [1.29, 1.82) is 0 Å². The van der Waals surface area contributed by atoms with Gasteiger partial charge in [0.15, 0.2) is 5.78 Å². The number of carbonyl (C=O) groups excluding carboxylic acids is 1. The van der Waals surface area contributed by atoms with Crippen LogP contribution in [0.4, 0.5) is 0 Å². The molecule has 0 N–H and O–H groups in total. The molecular formula is C15H19ClO. The topological polar surface area (TPSA) is 17.1 Å². The lowest BCUT2D eigenvalue weighted by Crippen LogP contribution is -2.02. The number of hydrogen-bond donors (Lipinski definition) is 0. The third-order valence-corrected chi connectivity index (χ3v) is 3.98. The monoisotopic (exact) mass is 250 g/mol. The highest BCUT2D eigenvalue weighted by molar-refractivity contribution is 6.30. The van der Waals surface area contributed by atoms with Gasteiger partial charge in [-0.15, -0.1) is 0 Å². The maximum absolute atomic E-state index is 11.5. The molecule has 1 fully saturated rings. The molecule has 92 valence electrons. The summed E-state index contributed by atoms with van der Waals surface area (Å²) < 4.78 is 0. The molecule has 0 saturated heterocycles. The zero-order chi connectivity index (χ0) is 12.3. The van der Waals surface area contributed by atoms with Gasteiger partial charge in [0.25, 0.3) is 0 Å². The van der Waals surface area contributed by atoms with E-state index in [1.165, 1.54) is 32.1 Å². The predicted octanol–water partition coefficient (Wildman–Crippen LogP) is 4.67. The Kier molecular flexibility index (Phi) is 4.22. The normalized spacial score (nSPS) is 16.4. The maximum atomic E-state index is 11.5. The van der Waals surface area contributed by atoms with Gasteiger partial charge in [-0.1, -0.05) is 37.3 Å². The SMILES string of the molecule is CC(=O)c1ccc(Cl)cc1CCC1CCCC1. The van der Waals surface area contributed by atoms with Crippen LogP contribution in [-0.2, 0) is 6.42 Å². The van der Waals surface area contributed by atoms with E-state index in [1.54, 1.807) is 13.0 Å². The van der Waals surface area contributed by atoms with Gasteiger partial charge in [-0.2, -0.15) is 0 Å². The van der Waals surface area contributed by atoms with Crippen LogP contribution in [0, 0.1) is 5.92 Å². The summed E-state index contributed by atoms with van der Waals surface area (Å²) in [5, 5.41) is 0.733. The highest BCUT2D eigenvalue weighted by Crippen LogP contribution is 2.29. The molecule has 0 aliphatic heterocycles. The molecule has 1 aliphatic carbocycles. The second-order valence-electron chi connectivity index (χ2n) is 5.05. The van der Waals surface area contributed by atoms with Gasteiger partial charge in [0.2, 0.25) is 0 Å². The van der Waals surface area contributed by atoms with Gasteiger partial charge < -0.3 is 0 Å². The molecule has 0 spiro atoms. The number of benzene rings is 1. The Morgan fingerprint density at radius 1 is 1.35 bits per heavy atom. The molecule has 0 atom stereocenters. The third-order valence-electron chi connectivity index (χ3n) is 3.74. The van der Waals surface area contributed by atoms with E-state index in [0.29, 0.717) is 0 Å². The molecule has 1 aromatic rings. The molecule has 0 heterocycles. The Bertz CT molecular complexity index is 405. The number of carbonyl (C=O) groups is 1. The van der Waals surface area contributed by atoms with E-state index < -0.39 is 0 Å². The number of halogens is 1. The smallest absolute Gasteiger partial charge is 0.160 e. The molecule has 1 nitrogen and oxygen atoms in total. The minimum absolute atomic E-state index is 0.142. The Morgan fingerprint density at radius 3 is 2.71 bits per heavy atom. The number of ketones is 1. The molecule has 0 unspecified atom stereocenters. The first-order valence-corrected chi connectivity index (χ1v) is 6.84. The third kappa shape index (κ3) is 3.32. The van der Waals surface area contributed by atoms with Crippen molar-refractivity contribution in [3.05, 3.63) is 34.3 Å². The van der Waals surface area contributed by atoms with E-state index >= 15 is 0 Å². The Hall–Kier alpha value is -0.820. The molecule has 0 amide bonds. The summed E-state index contributed by atoms with van der Waals surface area (Å²) in [4.78, 5) is 11.5. The molecular weight excluding hydrogens is 232 g/mol. The molecule has 1 aliphatic rings. The Labute approximate surface area is 108 Å². The van der Waals surface area contributed by atoms with Crippen molar-refractivity contribution in [3.63, 3.8) is 0 Å². The van der Waals surface area contributed by atoms with Crippen molar-refractivity contribution in [1.82, 2.24) is 0 Å². The van der Waals surface area contributed by atoms with Crippen LogP contribution in [0.3, 0.4) is 0 Å². The molecule has 2 heteroatoms. The van der Waals surface area contributed by atoms with Gasteiger partial charge in [-0.25, -0.2) is 0 Å². The largest absolute Gasteiger partial charge is 0.295 e. The quantitative estimate of drug-likeness (QED) is 0.710. The van der Waals surface area contributed by atoms with E-state index in [0.717, 1.165) is 28.5 Å². The van der Waals surface area contributed by atoms with Crippen LogP contribution in [0.2, 0.25) is 5.02 Å². The van der Waals surface area contributed by atoms with Crippen LogP contribution in [0.1, 0.15) is 54.9 Å². The minimum Gasteiger partial charge on any atom is -0.295 e. The summed E-state index contributed by atoms with van der Waals surface area (Å²) in [6, 6.07) is 5.61. The highest BCUT2D eigenvalue weighted by atomic mass is 35.5. The number of rotatable bonds is 4. The van der Waals surface area contributed by atoms with Crippen LogP contribution >= 0.6 is 11.6 Å². The first-order valence-electron chi connectivity index (χ1n) is 6.46. The van der Waals surface area contributed by atoms with E-state index in [1.807, 2.05) is 12.1 Å². The first-order chi connectivity index (χ1) is 8.16. The van der Waals surface area contributed by atoms with Crippen molar-refractivity contribution in [2.75, 3.05) is 0 Å². The molecule has 0 radical (unpaired) electrons. The summed E-state index contributed by atoms with van der Waals surface area (Å²) in [5.41, 5.74) is 1.96. The fraction of sp³-hybridized carbons (Fsp3) is 0.533. The second-order valence-corrected chi connectivity index (χ2v) is 5.48. The van der Waals surface area contributed by atoms with Gasteiger partial charge in [0.05, 0.1) is 0 Å². The number of hydrogen-bond acceptors (Lipinski definition) is 1. The average Bonchev–Trinajstić information content (AvgIpc) is 2.78. The first kappa shape index (κ1) is 12.6. The average molecular weight is 251 g/mol. The standard InChI is InChI=1S/C15H19ClO/c1-11(17)15-9-8-14(16)10-13(15)7-6-12-4-2-3-5-12/h8-10,12H,2-7H2,1H3. The molecule has 0 bridgehead atoms. The van der Waals surface area contributed by atoms with Crippen LogP contribution < -0.4 is 0 Å². The van der Waals surface area contributed by atoms with E-state index in [9.17, 15) is 4.79 Å². The lowest BCUT2D eigenvalue weighted by molar-refractivity contribution is 0.101. The number of Topliss-reactive ketones (excluding diaryl/α,β-unsaturated/α-hetero) is 1. The second kappa shape index (κ2) is 5.68. The minimum atomic E-state index is 0.142. The van der Waals surface area contributed by atoms with Crippen molar-refractivity contribution in [2.45, 2.75) is 45.4 Å². The lowest BCUT2D eigenvalue weighted by Gasteiger charge is -2.11. The summed E-state index contributed by atoms with van der Waals surface area (Å²) in [7, 11) is 0. The van der Waals surface area contributed by atoms with Crippen molar-refractivity contribution in [3.8, 4) is 0 Å². The fourth-order valence-electron chi connectivity index (χ4n) is 2.77. The van der Waals surface area contributed by atoms with Crippen LogP contribution in [0.5, 0.6) is 0 Å². The fourth-order valence-corrected chi connectivity index (χ4v) is 2.97. The van der Waals surface area contributed by atoms with Crippen LogP contribution in [0.15, 0.2) is 18.2 Å². The lowest BCUT2D eigenvalue weighted by atomic mass is 9.94. The van der Waals surface area contributed by atoms with Crippen molar-refractivity contribution in [2.24, 2.45) is 5.92 Å². The van der Waals surface area contributed by atoms with Gasteiger partial charge in [0.1, 0.15) is 0 Å². The number of aryl methyl sites for hydroxylation is 1. The summed E-state index contributed by atoms with van der Waals surface area (Å²) in [6.07, 6.45) is 7.65. The van der Waals surface area contributed by atoms with Gasteiger partial charge >= 0.3 is 0 Å². The molecule has 1 aromatic carbocycles. The zero-order valence-electron chi connectivity index (χ0n) is 10.3. The molecule has 2 rings (SSSR count). The van der Waals surface area contributed by atoms with E-state index in [-0.39, 0.29) is 5.78 Å². The van der Waals surface area contributed by atoms with Gasteiger partial charge in [0, 0.05) is 10.6 Å².